The molecule has 7 nitrogen and oxygen atoms in total. The number of hydrogen-bond donors (Lipinski definition) is 1. The van der Waals surface area contributed by atoms with Crippen LogP contribution in [0.4, 0.5) is 5.13 Å². The SMILES string of the molecule is COC(=O)c1cn(CC(=O)Nc2nc(-c3ccccn3)cs2)c2ccccc12. The first kappa shape index (κ1) is 17.9. The molecule has 0 aliphatic heterocycles. The Balaban J connectivity index is 1.53. The number of aromatic nitrogens is 3. The van der Waals surface area contributed by atoms with Gasteiger partial charge >= 0.3 is 5.97 Å². The maximum absolute atomic E-state index is 12.5. The second kappa shape index (κ2) is 7.61. The van der Waals surface area contributed by atoms with E-state index in [-0.39, 0.29) is 12.5 Å². The first-order valence-electron chi connectivity index (χ1n) is 8.48. The first-order chi connectivity index (χ1) is 13.7. The molecule has 0 unspecified atom stereocenters. The number of rotatable bonds is 5. The fourth-order valence-electron chi connectivity index (χ4n) is 2.93. The van der Waals surface area contributed by atoms with Crippen LogP contribution >= 0.6 is 11.3 Å². The highest BCUT2D eigenvalue weighted by molar-refractivity contribution is 7.14. The lowest BCUT2D eigenvalue weighted by Crippen LogP contribution is -2.18. The number of carbonyl (C=O) groups excluding carboxylic acids is 2. The van der Waals surface area contributed by atoms with Crippen molar-refractivity contribution in [2.45, 2.75) is 6.54 Å². The molecule has 4 aromatic rings. The molecule has 1 aromatic carbocycles. The molecule has 140 valence electrons. The molecule has 0 bridgehead atoms. The summed E-state index contributed by atoms with van der Waals surface area (Å²) >= 11 is 1.33. The summed E-state index contributed by atoms with van der Waals surface area (Å²) in [4.78, 5) is 33.2. The van der Waals surface area contributed by atoms with Gasteiger partial charge in [-0.3, -0.25) is 9.78 Å². The number of nitrogens with zero attached hydrogens (tertiary/aromatic N) is 3. The molecule has 1 N–H and O–H groups in total. The third kappa shape index (κ3) is 3.49. The predicted octanol–water partition coefficient (Wildman–Crippen LogP) is 3.59. The van der Waals surface area contributed by atoms with Crippen LogP contribution in [0.25, 0.3) is 22.3 Å². The van der Waals surface area contributed by atoms with Crippen molar-refractivity contribution in [3.8, 4) is 11.4 Å². The molecule has 0 saturated heterocycles. The van der Waals surface area contributed by atoms with Crippen molar-refractivity contribution < 1.29 is 14.3 Å². The van der Waals surface area contributed by atoms with Gasteiger partial charge in [0, 0.05) is 28.7 Å². The third-order valence-electron chi connectivity index (χ3n) is 4.19. The van der Waals surface area contributed by atoms with Crippen molar-refractivity contribution in [1.29, 1.82) is 0 Å². The fourth-order valence-corrected chi connectivity index (χ4v) is 3.65. The third-order valence-corrected chi connectivity index (χ3v) is 4.94. The smallest absolute Gasteiger partial charge is 0.340 e. The van der Waals surface area contributed by atoms with Crippen molar-refractivity contribution >= 4 is 39.2 Å². The lowest BCUT2D eigenvalue weighted by molar-refractivity contribution is -0.116. The van der Waals surface area contributed by atoms with Gasteiger partial charge in [-0.2, -0.15) is 0 Å². The second-order valence-electron chi connectivity index (χ2n) is 5.98. The molecule has 4 rings (SSSR count). The number of ether oxygens (including phenoxy) is 1. The number of fused-ring (bicyclic) bond motifs is 1. The van der Waals surface area contributed by atoms with E-state index in [1.807, 2.05) is 47.8 Å². The van der Waals surface area contributed by atoms with Crippen LogP contribution < -0.4 is 5.32 Å². The van der Waals surface area contributed by atoms with Crippen LogP contribution in [0.15, 0.2) is 60.2 Å². The number of methoxy groups -OCH3 is 1. The van der Waals surface area contributed by atoms with E-state index in [2.05, 4.69) is 15.3 Å². The Morgan fingerprint density at radius 1 is 1.14 bits per heavy atom. The second-order valence-corrected chi connectivity index (χ2v) is 6.84. The Hall–Kier alpha value is -3.52. The van der Waals surface area contributed by atoms with E-state index in [1.54, 1.807) is 17.0 Å². The number of benzene rings is 1. The number of anilines is 1. The average Bonchev–Trinajstić information content (AvgIpc) is 3.33. The Morgan fingerprint density at radius 2 is 1.96 bits per heavy atom. The summed E-state index contributed by atoms with van der Waals surface area (Å²) in [5, 5.41) is 5.89. The van der Waals surface area contributed by atoms with Crippen LogP contribution in [-0.2, 0) is 16.1 Å². The molecule has 3 aromatic heterocycles. The molecule has 0 saturated carbocycles. The Morgan fingerprint density at radius 3 is 2.75 bits per heavy atom. The van der Waals surface area contributed by atoms with E-state index < -0.39 is 5.97 Å². The molecule has 0 radical (unpaired) electrons. The number of thiazole rings is 1. The minimum absolute atomic E-state index is 0.0516. The van der Waals surface area contributed by atoms with E-state index in [0.717, 1.165) is 16.6 Å². The summed E-state index contributed by atoms with van der Waals surface area (Å²) in [5.41, 5.74) is 2.67. The highest BCUT2D eigenvalue weighted by Crippen LogP contribution is 2.24. The van der Waals surface area contributed by atoms with Crippen LogP contribution in [0.5, 0.6) is 0 Å². The van der Waals surface area contributed by atoms with E-state index in [0.29, 0.717) is 16.4 Å². The molecular weight excluding hydrogens is 376 g/mol. The van der Waals surface area contributed by atoms with Crippen LogP contribution in [0, 0.1) is 0 Å². The lowest BCUT2D eigenvalue weighted by atomic mass is 10.2. The molecule has 8 heteroatoms. The van der Waals surface area contributed by atoms with E-state index in [4.69, 9.17) is 4.74 Å². The highest BCUT2D eigenvalue weighted by Gasteiger charge is 2.17. The Labute approximate surface area is 164 Å². The van der Waals surface area contributed by atoms with Crippen molar-refractivity contribution in [2.75, 3.05) is 12.4 Å². The number of hydrogen-bond acceptors (Lipinski definition) is 6. The summed E-state index contributed by atoms with van der Waals surface area (Å²) in [5.74, 6) is -0.672. The molecule has 0 spiro atoms. The van der Waals surface area contributed by atoms with Gasteiger partial charge in [0.2, 0.25) is 5.91 Å². The van der Waals surface area contributed by atoms with Crippen LogP contribution in [0.3, 0.4) is 0 Å². The normalized spacial score (nSPS) is 10.8. The molecule has 0 fully saturated rings. The number of esters is 1. The van der Waals surface area contributed by atoms with Gasteiger partial charge in [0.15, 0.2) is 5.13 Å². The zero-order valence-corrected chi connectivity index (χ0v) is 15.8. The molecule has 0 aliphatic carbocycles. The van der Waals surface area contributed by atoms with Gasteiger partial charge in [0.1, 0.15) is 12.2 Å². The van der Waals surface area contributed by atoms with E-state index in [9.17, 15) is 9.59 Å². The standard InChI is InChI=1S/C20H16N4O3S/c1-27-19(26)14-10-24(17-8-3-2-6-13(14)17)11-18(25)23-20-22-16(12-28-20)15-7-4-5-9-21-15/h2-10,12H,11H2,1H3,(H,22,23,25). The van der Waals surface area contributed by atoms with Gasteiger partial charge in [0.05, 0.1) is 18.4 Å². The summed E-state index contributed by atoms with van der Waals surface area (Å²) < 4.78 is 6.56. The molecule has 1 amide bonds. The largest absolute Gasteiger partial charge is 0.465 e. The van der Waals surface area contributed by atoms with Crippen molar-refractivity contribution in [1.82, 2.24) is 14.5 Å². The van der Waals surface area contributed by atoms with Gasteiger partial charge in [-0.1, -0.05) is 24.3 Å². The van der Waals surface area contributed by atoms with Crippen molar-refractivity contribution in [3.63, 3.8) is 0 Å². The molecule has 28 heavy (non-hydrogen) atoms. The number of carbonyl (C=O) groups is 2. The fraction of sp³-hybridized carbons (Fsp3) is 0.100. The van der Waals surface area contributed by atoms with Crippen molar-refractivity contribution in [2.24, 2.45) is 0 Å². The number of nitrogens with one attached hydrogen (secondary N) is 1. The maximum Gasteiger partial charge on any atom is 0.340 e. The average molecular weight is 392 g/mol. The van der Waals surface area contributed by atoms with Gasteiger partial charge in [0.25, 0.3) is 0 Å². The molecular formula is C20H16N4O3S. The maximum atomic E-state index is 12.5. The van der Waals surface area contributed by atoms with Gasteiger partial charge in [-0.15, -0.1) is 11.3 Å². The van der Waals surface area contributed by atoms with Gasteiger partial charge in [-0.25, -0.2) is 9.78 Å². The van der Waals surface area contributed by atoms with Crippen LogP contribution in [0.1, 0.15) is 10.4 Å². The number of para-hydroxylation sites is 1. The highest BCUT2D eigenvalue weighted by atomic mass is 32.1. The number of amides is 1. The minimum atomic E-state index is -0.435. The van der Waals surface area contributed by atoms with Gasteiger partial charge < -0.3 is 14.6 Å². The topological polar surface area (TPSA) is 86.1 Å². The van der Waals surface area contributed by atoms with Crippen LogP contribution in [0.2, 0.25) is 0 Å². The van der Waals surface area contributed by atoms with E-state index in [1.165, 1.54) is 18.4 Å². The predicted molar refractivity (Wildman–Crippen MR) is 107 cm³/mol. The Bertz CT molecular complexity index is 1150. The minimum Gasteiger partial charge on any atom is -0.465 e. The monoisotopic (exact) mass is 392 g/mol. The zero-order valence-electron chi connectivity index (χ0n) is 15.0. The number of pyridine rings is 1. The summed E-state index contributed by atoms with van der Waals surface area (Å²) in [7, 11) is 1.34. The summed E-state index contributed by atoms with van der Waals surface area (Å²) in [6.07, 6.45) is 3.33. The Kier molecular flexibility index (Phi) is 4.86. The quantitative estimate of drug-likeness (QED) is 0.525. The van der Waals surface area contributed by atoms with Crippen molar-refractivity contribution in [3.05, 3.63) is 65.8 Å². The van der Waals surface area contributed by atoms with Crippen LogP contribution in [-0.4, -0.2) is 33.5 Å². The molecule has 0 atom stereocenters. The summed E-state index contributed by atoms with van der Waals surface area (Å²) in [6, 6.07) is 13.0. The van der Waals surface area contributed by atoms with E-state index >= 15 is 0 Å². The first-order valence-corrected chi connectivity index (χ1v) is 9.36. The summed E-state index contributed by atoms with van der Waals surface area (Å²) in [6.45, 7) is 0.0516. The zero-order chi connectivity index (χ0) is 19.5. The van der Waals surface area contributed by atoms with Gasteiger partial charge in [-0.05, 0) is 18.2 Å². The molecule has 3 heterocycles. The molecule has 0 aliphatic rings. The lowest BCUT2D eigenvalue weighted by Gasteiger charge is -2.05.